The van der Waals surface area contributed by atoms with Crippen LogP contribution in [-0.2, 0) is 81.8 Å². The predicted octanol–water partition coefficient (Wildman–Crippen LogP) is -7.59. The van der Waals surface area contributed by atoms with Gasteiger partial charge in [0.1, 0.15) is 0 Å². The van der Waals surface area contributed by atoms with E-state index in [0.29, 0.717) is 0 Å². The van der Waals surface area contributed by atoms with E-state index in [0.717, 1.165) is 0 Å². The van der Waals surface area contributed by atoms with Crippen molar-refractivity contribution in [3.63, 3.8) is 0 Å². The van der Waals surface area contributed by atoms with Crippen molar-refractivity contribution in [2.45, 2.75) is 0 Å². The van der Waals surface area contributed by atoms with Gasteiger partial charge in [-0.05, 0) is 0 Å². The molecule has 0 saturated heterocycles. The molecule has 0 N–H and O–H groups in total. The largest absolute Gasteiger partial charge is 4.00 e. The summed E-state index contributed by atoms with van der Waals surface area (Å²) in [6, 6.07) is 0. The van der Waals surface area contributed by atoms with Gasteiger partial charge in [0.05, 0.1) is 0 Å². The van der Waals surface area contributed by atoms with E-state index in [1.54, 1.807) is 0 Å². The van der Waals surface area contributed by atoms with Crippen molar-refractivity contribution in [1.82, 2.24) is 0 Å². The number of hydrogen-bond acceptors (Lipinski definition) is 0. The SMILES string of the molecule is [Li+].[Li+].[O-2].[O-2].[O-2].[O-2].[O-2].[O-2].[O-2].[Sr+2].[Sr+2].[Ti+4].[Ti+4]. The molecule has 0 aromatic heterocycles. The summed E-state index contributed by atoms with van der Waals surface area (Å²) < 4.78 is 0. The molecular formula is Li2O7Sr2Ti2. The second kappa shape index (κ2) is 163. The Morgan fingerprint density at radius 1 is 0.308 bits per heavy atom. The average molecular weight is 397 g/mol. The van der Waals surface area contributed by atoms with Gasteiger partial charge in [-0.15, -0.1) is 0 Å². The van der Waals surface area contributed by atoms with E-state index in [1.807, 2.05) is 0 Å². The fourth-order valence-electron chi connectivity index (χ4n) is 0. The van der Waals surface area contributed by atoms with Crippen LogP contribution in [-0.4, -0.2) is 91.0 Å². The molecule has 0 aliphatic rings. The zero-order valence-electron chi connectivity index (χ0n) is 7.27. The Labute approximate surface area is 205 Å². The van der Waals surface area contributed by atoms with Gasteiger partial charge in [0.15, 0.2) is 0 Å². The van der Waals surface area contributed by atoms with Crippen LogP contribution in [0, 0.1) is 0 Å². The Bertz CT molecular complexity index is 22.5. The summed E-state index contributed by atoms with van der Waals surface area (Å²) in [7, 11) is 0. The second-order valence-electron chi connectivity index (χ2n) is 0. The minimum Gasteiger partial charge on any atom is -2.00 e. The number of rotatable bonds is 0. The summed E-state index contributed by atoms with van der Waals surface area (Å²) >= 11 is 0. The Morgan fingerprint density at radius 3 is 0.308 bits per heavy atom. The van der Waals surface area contributed by atoms with Gasteiger partial charge in [0, 0.05) is 0 Å². The van der Waals surface area contributed by atoms with Crippen molar-refractivity contribution in [2.75, 3.05) is 0 Å². The smallest absolute Gasteiger partial charge is 2.00 e. The summed E-state index contributed by atoms with van der Waals surface area (Å²) in [5, 5.41) is 0. The van der Waals surface area contributed by atoms with Crippen molar-refractivity contribution >= 4 is 91.0 Å². The van der Waals surface area contributed by atoms with E-state index < -0.39 is 0 Å². The monoisotopic (exact) mass is 398 g/mol. The van der Waals surface area contributed by atoms with Crippen molar-refractivity contribution in [1.29, 1.82) is 0 Å². The van der Waals surface area contributed by atoms with Crippen molar-refractivity contribution < 1.29 is 119 Å². The van der Waals surface area contributed by atoms with Crippen LogP contribution in [0.25, 0.3) is 0 Å². The first kappa shape index (κ1) is 195. The van der Waals surface area contributed by atoms with Gasteiger partial charge in [-0.3, -0.25) is 0 Å². The Morgan fingerprint density at radius 2 is 0.308 bits per heavy atom. The minimum absolute atomic E-state index is 0. The maximum absolute atomic E-state index is 0. The maximum Gasteiger partial charge on any atom is 4.00 e. The van der Waals surface area contributed by atoms with Gasteiger partial charge in [-0.25, -0.2) is 0 Å². The van der Waals surface area contributed by atoms with E-state index in [1.165, 1.54) is 0 Å². The third-order valence-electron chi connectivity index (χ3n) is 0. The molecule has 7 nitrogen and oxygen atoms in total. The Kier molecular flexibility index (Phi) is 2450. The molecule has 0 heterocycles. The van der Waals surface area contributed by atoms with Gasteiger partial charge in [0.25, 0.3) is 0 Å². The predicted molar refractivity (Wildman–Crippen MR) is 16.3 cm³/mol. The third kappa shape index (κ3) is 144. The molecule has 0 atom stereocenters. The van der Waals surface area contributed by atoms with Crippen LogP contribution in [0.4, 0.5) is 0 Å². The molecule has 0 rings (SSSR count). The molecule has 13 heteroatoms. The van der Waals surface area contributed by atoms with Crippen molar-refractivity contribution in [3.05, 3.63) is 0 Å². The van der Waals surface area contributed by atoms with E-state index in [9.17, 15) is 0 Å². The van der Waals surface area contributed by atoms with Crippen LogP contribution < -0.4 is 37.7 Å². The van der Waals surface area contributed by atoms with Crippen LogP contribution in [0.3, 0.4) is 0 Å². The van der Waals surface area contributed by atoms with E-state index in [4.69, 9.17) is 0 Å². The molecule has 0 fully saturated rings. The second-order valence-corrected chi connectivity index (χ2v) is 0. The van der Waals surface area contributed by atoms with Gasteiger partial charge in [-0.1, -0.05) is 0 Å². The van der Waals surface area contributed by atoms with Gasteiger partial charge in [-0.2, -0.15) is 0 Å². The summed E-state index contributed by atoms with van der Waals surface area (Å²) in [4.78, 5) is 0. The third-order valence-corrected chi connectivity index (χ3v) is 0. The van der Waals surface area contributed by atoms with Crippen LogP contribution >= 0.6 is 0 Å². The topological polar surface area (TPSA) is 200 Å². The summed E-state index contributed by atoms with van der Waals surface area (Å²) in [6.45, 7) is 0. The van der Waals surface area contributed by atoms with Gasteiger partial charge < -0.3 is 38.3 Å². The number of hydrogen-bond donors (Lipinski definition) is 0. The standard InChI is InChI=1S/2Li.7O.2Sr.2Ti/q2*+1;7*-2;2*+2;2*+4. The first-order valence-electron chi connectivity index (χ1n) is 0. The zero-order valence-corrected chi connectivity index (χ0v) is 17.3. The van der Waals surface area contributed by atoms with E-state index >= 15 is 0 Å². The summed E-state index contributed by atoms with van der Waals surface area (Å²) in [5.41, 5.74) is 0. The Balaban J connectivity index is 0. The molecular weight excluding hydrogens is 397 g/mol. The molecule has 0 radical (unpaired) electrons. The molecule has 0 aliphatic heterocycles. The Hall–Kier alpha value is 5.30. The van der Waals surface area contributed by atoms with Gasteiger partial charge in [0.2, 0.25) is 0 Å². The average Bonchev–Trinajstić information content (AvgIpc) is 0. The minimum atomic E-state index is 0. The fraction of sp³-hybridized carbons (Fsp3) is 0. The zero-order chi connectivity index (χ0) is 0. The first-order chi connectivity index (χ1) is 0. The molecule has 0 aromatic carbocycles. The molecule has 0 bridgehead atoms. The van der Waals surface area contributed by atoms with Crippen LogP contribution in [0.5, 0.6) is 0 Å². The van der Waals surface area contributed by atoms with Crippen LogP contribution in [0.1, 0.15) is 0 Å². The van der Waals surface area contributed by atoms with Gasteiger partial charge >= 0.3 is 172 Å². The molecule has 0 spiro atoms. The quantitative estimate of drug-likeness (QED) is 0.350. The normalized spacial score (nSPS) is 0. The molecule has 0 amide bonds. The van der Waals surface area contributed by atoms with Crippen LogP contribution in [0.2, 0.25) is 0 Å². The summed E-state index contributed by atoms with van der Waals surface area (Å²) in [6.07, 6.45) is 0. The van der Waals surface area contributed by atoms with Crippen LogP contribution in [0.15, 0.2) is 0 Å². The molecule has 0 aliphatic carbocycles. The maximum atomic E-state index is 0. The molecule has 0 saturated carbocycles. The van der Waals surface area contributed by atoms with E-state index in [2.05, 4.69) is 0 Å². The molecule has 0 aromatic rings. The summed E-state index contributed by atoms with van der Waals surface area (Å²) in [5.74, 6) is 0. The fourth-order valence-corrected chi connectivity index (χ4v) is 0. The van der Waals surface area contributed by atoms with E-state index in [-0.39, 0.29) is 210 Å². The van der Waals surface area contributed by atoms with Crippen molar-refractivity contribution in [2.24, 2.45) is 0 Å². The molecule has 56 valence electrons. The first-order valence-corrected chi connectivity index (χ1v) is 0. The van der Waals surface area contributed by atoms with Crippen molar-refractivity contribution in [3.8, 4) is 0 Å². The molecule has 13 heavy (non-hydrogen) atoms. The molecule has 0 unspecified atom stereocenters.